The molecule has 2 amide bonds. The first-order chi connectivity index (χ1) is 13.9. The number of hydrogen-bond acceptors (Lipinski definition) is 6. The average molecular weight is 519 g/mol. The monoisotopic (exact) mass is 518 g/mol. The summed E-state index contributed by atoms with van der Waals surface area (Å²) in [6.07, 6.45) is 2.16. The highest BCUT2D eigenvalue weighted by Crippen LogP contribution is 2.45. The van der Waals surface area contributed by atoms with Crippen LogP contribution in [0.5, 0.6) is 0 Å². The van der Waals surface area contributed by atoms with Gasteiger partial charge < -0.3 is 42.2 Å². The van der Waals surface area contributed by atoms with Gasteiger partial charge in [-0.2, -0.15) is 0 Å². The van der Waals surface area contributed by atoms with Crippen molar-refractivity contribution in [2.75, 3.05) is 31.9 Å². The topological polar surface area (TPSA) is 139 Å². The maximum atomic E-state index is 13.1. The van der Waals surface area contributed by atoms with Gasteiger partial charge in [-0.25, -0.2) is 4.79 Å². The Bertz CT molecular complexity index is 817. The van der Waals surface area contributed by atoms with Crippen LogP contribution in [0, 0.1) is 5.41 Å². The summed E-state index contributed by atoms with van der Waals surface area (Å²) >= 11 is -1.37. The molecular formula is C20H31BrN4O5S. The van der Waals surface area contributed by atoms with E-state index in [-0.39, 0.29) is 34.3 Å². The lowest BCUT2D eigenvalue weighted by Crippen LogP contribution is -3.00. The van der Waals surface area contributed by atoms with Crippen LogP contribution in [-0.2, 0) is 30.3 Å². The number of quaternary nitrogens is 1. The minimum absolute atomic E-state index is 0. The average Bonchev–Trinajstić information content (AvgIpc) is 2.66. The van der Waals surface area contributed by atoms with E-state index in [4.69, 9.17) is 16.2 Å². The third-order valence-electron chi connectivity index (χ3n) is 7.08. The molecule has 4 saturated heterocycles. The lowest BCUT2D eigenvalue weighted by atomic mass is 9.70. The molecule has 9 nitrogen and oxygen atoms in total. The van der Waals surface area contributed by atoms with Crippen LogP contribution in [0.2, 0.25) is 0 Å². The zero-order valence-corrected chi connectivity index (χ0v) is 20.6. The number of carbonyl (C=O) groups is 3. The number of β-lactam (4-membered cyclic amide) rings is 1. The number of piperidine rings is 3. The first-order valence-electron chi connectivity index (χ1n) is 10.4. The van der Waals surface area contributed by atoms with Crippen molar-refractivity contribution < 1.29 is 45.1 Å². The van der Waals surface area contributed by atoms with Gasteiger partial charge in [0.2, 0.25) is 11.3 Å². The molecule has 11 heteroatoms. The molecule has 0 aliphatic carbocycles. The largest absolute Gasteiger partial charge is 1.00 e. The first kappa shape index (κ1) is 24.5. The standard InChI is InChI=1S/C20H30N4O5S.BrH/c1-19(2,3)29-17(26)14-12(11-30(28)16-13(21)15(25)23(14)16)10-24-7-4-20(5-8-24,6-9-24)18(22)27;/h13,16H,4-11,21H2,1-3H3,(H-,22,27);1H/t13-,16+,20?,24?,30?;/m1./s1. The molecule has 5 aliphatic heterocycles. The quantitative estimate of drug-likeness (QED) is 0.170. The van der Waals surface area contributed by atoms with Gasteiger partial charge in [-0.3, -0.25) is 14.5 Å². The summed E-state index contributed by atoms with van der Waals surface area (Å²) in [6, 6.07) is -0.849. The number of rotatable bonds is 4. The van der Waals surface area contributed by atoms with Crippen LogP contribution in [0.1, 0.15) is 40.0 Å². The van der Waals surface area contributed by atoms with E-state index in [0.717, 1.165) is 38.9 Å². The summed E-state index contributed by atoms with van der Waals surface area (Å²) in [4.78, 5) is 38.8. The van der Waals surface area contributed by atoms with Gasteiger partial charge in [0.05, 0.1) is 30.6 Å². The number of nitrogens with two attached hydrogens (primary N) is 2. The number of fused-ring (bicyclic) bond motifs is 4. The Morgan fingerprint density at radius 3 is 2.29 bits per heavy atom. The highest BCUT2D eigenvalue weighted by atomic mass is 79.9. The maximum absolute atomic E-state index is 13.1. The number of primary amides is 1. The molecule has 0 aromatic rings. The van der Waals surface area contributed by atoms with Crippen LogP contribution in [0.4, 0.5) is 0 Å². The number of hydrogen-bond donors (Lipinski definition) is 2. The van der Waals surface area contributed by atoms with Crippen LogP contribution < -0.4 is 28.4 Å². The number of carbonyl (C=O) groups excluding carboxylic acids is 3. The van der Waals surface area contributed by atoms with E-state index < -0.39 is 45.5 Å². The minimum Gasteiger partial charge on any atom is -1.00 e. The van der Waals surface area contributed by atoms with Crippen molar-refractivity contribution in [2.24, 2.45) is 16.9 Å². The third-order valence-corrected chi connectivity index (χ3v) is 8.76. The summed E-state index contributed by atoms with van der Waals surface area (Å²) in [5, 5.41) is -0.672. The number of nitrogens with zero attached hydrogens (tertiary/aromatic N) is 2. The maximum Gasteiger partial charge on any atom is 0.356 e. The zero-order chi connectivity index (χ0) is 22.1. The molecule has 5 aliphatic rings. The van der Waals surface area contributed by atoms with Crippen LogP contribution >= 0.6 is 0 Å². The van der Waals surface area contributed by atoms with Gasteiger partial charge in [0.1, 0.15) is 23.6 Å². The fourth-order valence-corrected chi connectivity index (χ4v) is 6.90. The van der Waals surface area contributed by atoms with Gasteiger partial charge in [-0.1, -0.05) is 0 Å². The third kappa shape index (κ3) is 4.03. The van der Waals surface area contributed by atoms with Crippen molar-refractivity contribution >= 4 is 29.0 Å². The minimum atomic E-state index is -1.37. The second-order valence-electron chi connectivity index (χ2n) is 10.2. The normalized spacial score (nSPS) is 37.0. The van der Waals surface area contributed by atoms with Gasteiger partial charge in [-0.05, 0) is 31.9 Å². The van der Waals surface area contributed by atoms with Crippen LogP contribution in [-0.4, -0.2) is 80.7 Å². The van der Waals surface area contributed by atoms with E-state index in [0.29, 0.717) is 16.6 Å². The van der Waals surface area contributed by atoms with Crippen molar-refractivity contribution in [2.45, 2.75) is 57.1 Å². The molecule has 5 heterocycles. The van der Waals surface area contributed by atoms with Crippen LogP contribution in [0.15, 0.2) is 11.3 Å². The molecule has 3 atom stereocenters. The Balaban J connectivity index is 0.00000272. The molecule has 174 valence electrons. The molecule has 0 aromatic heterocycles. The summed E-state index contributed by atoms with van der Waals surface area (Å²) in [5.74, 6) is -0.984. The molecule has 0 saturated carbocycles. The molecule has 0 radical (unpaired) electrons. The number of amides is 2. The van der Waals surface area contributed by atoms with E-state index in [1.165, 1.54) is 4.90 Å². The van der Waals surface area contributed by atoms with E-state index >= 15 is 0 Å². The van der Waals surface area contributed by atoms with Gasteiger partial charge >= 0.3 is 5.97 Å². The number of halogens is 1. The second kappa shape index (κ2) is 8.02. The molecular weight excluding hydrogens is 488 g/mol. The zero-order valence-electron chi connectivity index (χ0n) is 18.2. The molecule has 4 fully saturated rings. The Morgan fingerprint density at radius 2 is 1.81 bits per heavy atom. The molecule has 0 spiro atoms. The molecule has 0 aromatic carbocycles. The lowest BCUT2D eigenvalue weighted by Gasteiger charge is -2.54. The van der Waals surface area contributed by atoms with E-state index in [2.05, 4.69) is 0 Å². The Labute approximate surface area is 196 Å². The highest BCUT2D eigenvalue weighted by Gasteiger charge is 2.60. The Hall–Kier alpha value is -1.14. The van der Waals surface area contributed by atoms with Gasteiger partial charge in [0, 0.05) is 19.3 Å². The van der Waals surface area contributed by atoms with Crippen molar-refractivity contribution in [1.29, 1.82) is 0 Å². The van der Waals surface area contributed by atoms with Crippen LogP contribution in [0.25, 0.3) is 0 Å². The molecule has 31 heavy (non-hydrogen) atoms. The van der Waals surface area contributed by atoms with Gasteiger partial charge in [-0.15, -0.1) is 0 Å². The second-order valence-corrected chi connectivity index (χ2v) is 11.7. The van der Waals surface area contributed by atoms with Crippen molar-refractivity contribution in [3.05, 3.63) is 11.3 Å². The SMILES string of the molecule is CC(C)(C)OC(=O)C1=C(C[N+]23CCC(C(N)=O)(CC2)CC3)C[S+]([O-])[C@H]2[C@H](N)C(=O)N12.[Br-]. The number of esters is 1. The van der Waals surface area contributed by atoms with Crippen molar-refractivity contribution in [1.82, 2.24) is 4.90 Å². The van der Waals surface area contributed by atoms with E-state index in [1.54, 1.807) is 20.8 Å². The Morgan fingerprint density at radius 1 is 1.26 bits per heavy atom. The van der Waals surface area contributed by atoms with Crippen molar-refractivity contribution in [3.8, 4) is 0 Å². The van der Waals surface area contributed by atoms with Crippen LogP contribution in [0.3, 0.4) is 0 Å². The highest BCUT2D eigenvalue weighted by molar-refractivity contribution is 7.92. The number of ether oxygens (including phenoxy) is 1. The predicted molar refractivity (Wildman–Crippen MR) is 110 cm³/mol. The predicted octanol–water partition coefficient (Wildman–Crippen LogP) is -3.67. The fraction of sp³-hybridized carbons (Fsp3) is 0.750. The van der Waals surface area contributed by atoms with Crippen molar-refractivity contribution in [3.63, 3.8) is 0 Å². The summed E-state index contributed by atoms with van der Waals surface area (Å²) in [6.45, 7) is 8.16. The summed E-state index contributed by atoms with van der Waals surface area (Å²) < 4.78 is 19.2. The van der Waals surface area contributed by atoms with Gasteiger partial charge in [0.25, 0.3) is 5.91 Å². The smallest absolute Gasteiger partial charge is 0.356 e. The van der Waals surface area contributed by atoms with E-state index in [9.17, 15) is 18.9 Å². The van der Waals surface area contributed by atoms with E-state index in [1.807, 2.05) is 0 Å². The summed E-state index contributed by atoms with van der Waals surface area (Å²) in [7, 11) is 0. The molecule has 1 unspecified atom stereocenters. The lowest BCUT2D eigenvalue weighted by molar-refractivity contribution is -0.940. The fourth-order valence-electron chi connectivity index (χ4n) is 5.27. The molecule has 5 rings (SSSR count). The Kier molecular flexibility index (Phi) is 6.34. The molecule has 2 bridgehead atoms. The summed E-state index contributed by atoms with van der Waals surface area (Å²) in [5.41, 5.74) is 11.3. The van der Waals surface area contributed by atoms with Gasteiger partial charge in [0.15, 0.2) is 6.04 Å². The molecule has 4 N–H and O–H groups in total. The first-order valence-corrected chi connectivity index (χ1v) is 11.8.